The van der Waals surface area contributed by atoms with E-state index in [-0.39, 0.29) is 0 Å². The molecular weight excluding hydrogens is 369 g/mol. The first-order chi connectivity index (χ1) is 12.4. The molecule has 5 heteroatoms. The number of allylic oxidation sites excluding steroid dienone is 1. The highest BCUT2D eigenvalue weighted by Gasteiger charge is 2.26. The lowest BCUT2D eigenvalue weighted by Crippen LogP contribution is -2.14. The molecule has 0 aliphatic heterocycles. The number of aliphatic carboxylic acids is 1. The number of hydrogen-bond acceptors (Lipinski definition) is 2. The Hall–Kier alpha value is -2.36. The van der Waals surface area contributed by atoms with Crippen molar-refractivity contribution in [3.8, 4) is 11.1 Å². The number of carboxylic acid groups (broad SMARTS) is 1. The second-order valence-electron chi connectivity index (χ2n) is 6.07. The molecular formula is C21H17Cl2NO2. The first kappa shape index (κ1) is 18.4. The van der Waals surface area contributed by atoms with Crippen LogP contribution in [0.2, 0.25) is 10.0 Å². The Labute approximate surface area is 161 Å². The summed E-state index contributed by atoms with van der Waals surface area (Å²) in [6.07, 6.45) is 1.93. The van der Waals surface area contributed by atoms with E-state index in [1.54, 1.807) is 24.3 Å². The largest absolute Gasteiger partial charge is 0.481 e. The molecule has 1 heterocycles. The van der Waals surface area contributed by atoms with E-state index in [0.29, 0.717) is 27.7 Å². The number of carbonyl (C=O) groups is 1. The lowest BCUT2D eigenvalue weighted by Gasteiger charge is -2.20. The average Bonchev–Trinajstić information content (AvgIpc) is 2.60. The van der Waals surface area contributed by atoms with E-state index in [4.69, 9.17) is 23.2 Å². The maximum Gasteiger partial charge on any atom is 0.311 e. The number of carboxylic acids is 1. The molecule has 26 heavy (non-hydrogen) atoms. The summed E-state index contributed by atoms with van der Waals surface area (Å²) in [5.74, 6) is -1.65. The van der Waals surface area contributed by atoms with Gasteiger partial charge in [0.1, 0.15) is 0 Å². The lowest BCUT2D eigenvalue weighted by molar-refractivity contribution is -0.138. The maximum atomic E-state index is 12.0. The van der Waals surface area contributed by atoms with Crippen LogP contribution in [0, 0.1) is 6.92 Å². The molecule has 2 aromatic carbocycles. The molecule has 0 radical (unpaired) electrons. The van der Waals surface area contributed by atoms with E-state index >= 15 is 0 Å². The fraction of sp³-hybridized carbons (Fsp3) is 0.143. The molecule has 0 amide bonds. The third kappa shape index (κ3) is 3.46. The van der Waals surface area contributed by atoms with Crippen molar-refractivity contribution in [1.29, 1.82) is 0 Å². The van der Waals surface area contributed by atoms with E-state index in [1.807, 2.05) is 31.2 Å². The summed E-state index contributed by atoms with van der Waals surface area (Å²) >= 11 is 12.3. The molecule has 3 rings (SSSR count). The van der Waals surface area contributed by atoms with Crippen molar-refractivity contribution in [1.82, 2.24) is 4.98 Å². The molecule has 0 fully saturated rings. The van der Waals surface area contributed by atoms with Crippen LogP contribution in [0.3, 0.4) is 0 Å². The topological polar surface area (TPSA) is 50.2 Å². The molecule has 0 spiro atoms. The Morgan fingerprint density at radius 1 is 1.19 bits per heavy atom. The van der Waals surface area contributed by atoms with Gasteiger partial charge in [0.05, 0.1) is 11.4 Å². The van der Waals surface area contributed by atoms with Gasteiger partial charge in [-0.15, -0.1) is 6.58 Å². The zero-order valence-corrected chi connectivity index (χ0v) is 15.7. The Kier molecular flexibility index (Phi) is 5.30. The number of halogens is 2. The van der Waals surface area contributed by atoms with Crippen LogP contribution in [0.25, 0.3) is 22.0 Å². The van der Waals surface area contributed by atoms with Crippen LogP contribution in [-0.2, 0) is 4.79 Å². The van der Waals surface area contributed by atoms with Crippen molar-refractivity contribution in [3.63, 3.8) is 0 Å². The van der Waals surface area contributed by atoms with Crippen LogP contribution in [0.1, 0.15) is 23.6 Å². The average molecular weight is 386 g/mol. The quantitative estimate of drug-likeness (QED) is 0.527. The van der Waals surface area contributed by atoms with Crippen LogP contribution < -0.4 is 0 Å². The Morgan fingerprint density at radius 3 is 2.46 bits per heavy atom. The highest BCUT2D eigenvalue weighted by Crippen LogP contribution is 2.39. The van der Waals surface area contributed by atoms with Gasteiger partial charge in [0.2, 0.25) is 0 Å². The number of aryl methyl sites for hydroxylation is 1. The number of rotatable bonds is 5. The summed E-state index contributed by atoms with van der Waals surface area (Å²) in [6.45, 7) is 5.54. The van der Waals surface area contributed by atoms with Gasteiger partial charge in [0.15, 0.2) is 0 Å². The molecule has 132 valence electrons. The van der Waals surface area contributed by atoms with Crippen molar-refractivity contribution < 1.29 is 9.90 Å². The van der Waals surface area contributed by atoms with Gasteiger partial charge in [0.25, 0.3) is 0 Å². The van der Waals surface area contributed by atoms with Gasteiger partial charge in [-0.3, -0.25) is 9.78 Å². The van der Waals surface area contributed by atoms with Crippen LogP contribution in [0.15, 0.2) is 55.1 Å². The van der Waals surface area contributed by atoms with Gasteiger partial charge >= 0.3 is 5.97 Å². The predicted molar refractivity (Wildman–Crippen MR) is 107 cm³/mol. The van der Waals surface area contributed by atoms with Crippen LogP contribution in [0.4, 0.5) is 0 Å². The molecule has 0 saturated heterocycles. The summed E-state index contributed by atoms with van der Waals surface area (Å²) in [5.41, 5.74) is 3.82. The van der Waals surface area contributed by atoms with E-state index in [9.17, 15) is 9.90 Å². The maximum absolute atomic E-state index is 12.0. The predicted octanol–water partition coefficient (Wildman–Crippen LogP) is 6.26. The molecule has 0 aliphatic carbocycles. The highest BCUT2D eigenvalue weighted by molar-refractivity contribution is 6.31. The number of aromatic nitrogens is 1. The second-order valence-corrected chi connectivity index (χ2v) is 6.94. The molecule has 0 bridgehead atoms. The normalized spacial score (nSPS) is 12.1. The highest BCUT2D eigenvalue weighted by atomic mass is 35.5. The van der Waals surface area contributed by atoms with Crippen molar-refractivity contribution in [2.75, 3.05) is 0 Å². The van der Waals surface area contributed by atoms with E-state index in [0.717, 1.165) is 22.0 Å². The third-order valence-electron chi connectivity index (χ3n) is 4.36. The van der Waals surface area contributed by atoms with Crippen LogP contribution in [0.5, 0.6) is 0 Å². The van der Waals surface area contributed by atoms with E-state index in [2.05, 4.69) is 11.6 Å². The summed E-state index contributed by atoms with van der Waals surface area (Å²) in [4.78, 5) is 16.6. The van der Waals surface area contributed by atoms with Crippen molar-refractivity contribution in [3.05, 3.63) is 76.4 Å². The number of nitrogens with zero attached hydrogens (tertiary/aromatic N) is 1. The lowest BCUT2D eigenvalue weighted by atomic mass is 9.85. The minimum absolute atomic E-state index is 0.310. The van der Waals surface area contributed by atoms with Crippen LogP contribution >= 0.6 is 23.2 Å². The van der Waals surface area contributed by atoms with Gasteiger partial charge in [-0.25, -0.2) is 0 Å². The smallest absolute Gasteiger partial charge is 0.311 e. The molecule has 1 N–H and O–H groups in total. The summed E-state index contributed by atoms with van der Waals surface area (Å²) in [5, 5.41) is 11.8. The van der Waals surface area contributed by atoms with Crippen LogP contribution in [-0.4, -0.2) is 16.1 Å². The molecule has 1 aromatic heterocycles. The Morgan fingerprint density at radius 2 is 1.85 bits per heavy atom. The monoisotopic (exact) mass is 385 g/mol. The summed E-state index contributed by atoms with van der Waals surface area (Å²) in [7, 11) is 0. The zero-order valence-electron chi connectivity index (χ0n) is 14.2. The molecule has 3 aromatic rings. The van der Waals surface area contributed by atoms with E-state index in [1.165, 1.54) is 0 Å². The van der Waals surface area contributed by atoms with Gasteiger partial charge < -0.3 is 5.11 Å². The van der Waals surface area contributed by atoms with Gasteiger partial charge in [-0.2, -0.15) is 0 Å². The minimum Gasteiger partial charge on any atom is -0.481 e. The van der Waals surface area contributed by atoms with E-state index < -0.39 is 11.9 Å². The summed E-state index contributed by atoms with van der Waals surface area (Å²) < 4.78 is 0. The molecule has 1 unspecified atom stereocenters. The summed E-state index contributed by atoms with van der Waals surface area (Å²) in [6, 6.07) is 12.8. The number of pyridine rings is 1. The first-order valence-electron chi connectivity index (χ1n) is 8.11. The van der Waals surface area contributed by atoms with Gasteiger partial charge in [0, 0.05) is 21.1 Å². The molecule has 3 nitrogen and oxygen atoms in total. The second kappa shape index (κ2) is 7.48. The Bertz CT molecular complexity index is 997. The fourth-order valence-electron chi connectivity index (χ4n) is 3.24. The van der Waals surface area contributed by atoms with Crippen molar-refractivity contribution in [2.24, 2.45) is 0 Å². The zero-order chi connectivity index (χ0) is 18.8. The number of hydrogen-bond donors (Lipinski definition) is 1. The molecule has 1 atom stereocenters. The third-order valence-corrected chi connectivity index (χ3v) is 4.84. The van der Waals surface area contributed by atoms with Crippen molar-refractivity contribution >= 4 is 40.1 Å². The fourth-order valence-corrected chi connectivity index (χ4v) is 3.53. The molecule has 0 saturated carbocycles. The number of benzene rings is 2. The molecule has 0 aliphatic rings. The SMILES string of the molecule is C=CCC(C(=O)O)c1c(C)nc2ccc(Cl)cc2c1-c1ccc(Cl)cc1. The van der Waals surface area contributed by atoms with Gasteiger partial charge in [-0.1, -0.05) is 41.4 Å². The van der Waals surface area contributed by atoms with Crippen molar-refractivity contribution in [2.45, 2.75) is 19.3 Å². The first-order valence-corrected chi connectivity index (χ1v) is 8.87. The standard InChI is InChI=1S/C21H17Cl2NO2/c1-3-4-16(21(25)26)19-12(2)24-18-10-9-15(23)11-17(18)20(19)13-5-7-14(22)8-6-13/h3,5-11,16H,1,4H2,2H3,(H,25,26). The minimum atomic E-state index is -0.911. The Balaban J connectivity index is 2.43. The van der Waals surface area contributed by atoms with Gasteiger partial charge in [-0.05, 0) is 60.4 Å². The number of fused-ring (bicyclic) bond motifs is 1.